The number of aliphatic hydroxyl groups is 3. The number of nitrogens with one attached hydrogen (secondary N) is 1. The van der Waals surface area contributed by atoms with Gasteiger partial charge in [0.2, 0.25) is 5.78 Å². The number of ether oxygens (including phenoxy) is 1. The molecule has 0 spiro atoms. The van der Waals surface area contributed by atoms with Gasteiger partial charge in [-0.25, -0.2) is 0 Å². The second kappa shape index (κ2) is 9.96. The number of fused-ring (bicyclic) bond motifs is 3. The topological polar surface area (TPSA) is 183 Å². The number of aromatic hydroxyl groups is 1. The highest BCUT2D eigenvalue weighted by Gasteiger charge is 2.64. The van der Waals surface area contributed by atoms with E-state index in [9.17, 15) is 34.8 Å². The fraction of sp³-hybridized carbons (Fsp3) is 0.536. The Morgan fingerprint density at radius 3 is 2.41 bits per heavy atom. The highest BCUT2D eigenvalue weighted by Crippen LogP contribution is 2.54. The first-order chi connectivity index (χ1) is 18.2. The van der Waals surface area contributed by atoms with Crippen LogP contribution in [0.4, 0.5) is 0 Å². The number of phenolic OH excluding ortho intramolecular Hbond substituents is 1. The molecule has 1 saturated carbocycles. The van der Waals surface area contributed by atoms with Gasteiger partial charge in [-0.1, -0.05) is 13.8 Å². The van der Waals surface area contributed by atoms with E-state index < -0.39 is 58.0 Å². The predicted molar refractivity (Wildman–Crippen MR) is 142 cm³/mol. The van der Waals surface area contributed by atoms with Gasteiger partial charge in [0.1, 0.15) is 28.6 Å². The molecule has 11 heteroatoms. The van der Waals surface area contributed by atoms with Crippen LogP contribution in [-0.2, 0) is 27.3 Å². The normalized spacial score (nSPS) is 27.5. The van der Waals surface area contributed by atoms with Crippen LogP contribution in [0.25, 0.3) is 5.76 Å². The number of Topliss-reactive ketones (excluding diaryl/α,β-unsaturated/α-hetero) is 2. The van der Waals surface area contributed by atoms with Gasteiger partial charge in [0.05, 0.1) is 18.7 Å². The lowest BCUT2D eigenvalue weighted by molar-refractivity contribution is -0.153. The summed E-state index contributed by atoms with van der Waals surface area (Å²) in [6.07, 6.45) is 0.182. The minimum absolute atomic E-state index is 0.00352. The van der Waals surface area contributed by atoms with Crippen LogP contribution in [-0.4, -0.2) is 81.7 Å². The minimum Gasteiger partial charge on any atom is -0.508 e. The van der Waals surface area contributed by atoms with E-state index in [-0.39, 0.29) is 35.8 Å². The summed E-state index contributed by atoms with van der Waals surface area (Å²) in [5, 5.41) is 48.3. The van der Waals surface area contributed by atoms with Gasteiger partial charge in [0, 0.05) is 35.2 Å². The second-order valence-corrected chi connectivity index (χ2v) is 11.3. The van der Waals surface area contributed by atoms with Crippen LogP contribution in [0, 0.1) is 17.8 Å². The quantitative estimate of drug-likeness (QED) is 0.272. The van der Waals surface area contributed by atoms with Crippen LogP contribution in [0.2, 0.25) is 0 Å². The van der Waals surface area contributed by atoms with E-state index in [0.717, 1.165) is 0 Å². The van der Waals surface area contributed by atoms with Gasteiger partial charge in [0.15, 0.2) is 11.4 Å². The average Bonchev–Trinajstić information content (AvgIpc) is 2.84. The van der Waals surface area contributed by atoms with Crippen molar-refractivity contribution in [3.05, 3.63) is 39.7 Å². The molecule has 1 aromatic rings. The maximum atomic E-state index is 13.9. The number of primary amides is 1. The predicted octanol–water partition coefficient (Wildman–Crippen LogP) is 1.11. The Balaban J connectivity index is 1.89. The number of carbonyl (C=O) groups excluding carboxylic acids is 3. The van der Waals surface area contributed by atoms with Crippen LogP contribution in [0.15, 0.2) is 23.0 Å². The fourth-order valence-corrected chi connectivity index (χ4v) is 6.25. The molecule has 3 aliphatic carbocycles. The van der Waals surface area contributed by atoms with E-state index in [1.807, 2.05) is 6.92 Å². The molecule has 11 nitrogen and oxygen atoms in total. The molecule has 7 N–H and O–H groups in total. The zero-order chi connectivity index (χ0) is 29.1. The summed E-state index contributed by atoms with van der Waals surface area (Å²) in [7, 11) is 4.61. The molecule has 1 aromatic carbocycles. The van der Waals surface area contributed by atoms with Crippen molar-refractivity contribution in [2.45, 2.75) is 57.8 Å². The number of phenols is 1. The molecule has 0 aromatic heterocycles. The largest absolute Gasteiger partial charge is 0.508 e. The zero-order valence-corrected chi connectivity index (χ0v) is 23.0. The van der Waals surface area contributed by atoms with Gasteiger partial charge >= 0.3 is 0 Å². The molecule has 0 aliphatic heterocycles. The van der Waals surface area contributed by atoms with Crippen LogP contribution in [0.5, 0.6) is 11.5 Å². The SMILES string of the molecule is COc1c(CN[C@@H](C)C(C)C)cc(O)c2c1C[C@H]1C[C@H]3[C@H](N(C)C)C(=O)C(C(N)=O)=C(O)[C@@]3(O)C(=O)C1=C2O. The maximum absolute atomic E-state index is 13.9. The van der Waals surface area contributed by atoms with E-state index in [4.69, 9.17) is 10.5 Å². The lowest BCUT2D eigenvalue weighted by Crippen LogP contribution is -2.65. The van der Waals surface area contributed by atoms with Crippen LogP contribution in [0.3, 0.4) is 0 Å². The van der Waals surface area contributed by atoms with Crippen molar-refractivity contribution in [3.8, 4) is 11.5 Å². The lowest BCUT2D eigenvalue weighted by Gasteiger charge is -2.50. The molecule has 0 radical (unpaired) electrons. The van der Waals surface area contributed by atoms with Gasteiger partial charge < -0.3 is 36.2 Å². The second-order valence-electron chi connectivity index (χ2n) is 11.3. The summed E-state index contributed by atoms with van der Waals surface area (Å²) >= 11 is 0. The monoisotopic (exact) mass is 543 g/mol. The summed E-state index contributed by atoms with van der Waals surface area (Å²) in [4.78, 5) is 40.7. The zero-order valence-electron chi connectivity index (χ0n) is 23.0. The molecule has 212 valence electrons. The molecule has 39 heavy (non-hydrogen) atoms. The van der Waals surface area contributed by atoms with E-state index in [0.29, 0.717) is 29.3 Å². The number of hydrogen-bond donors (Lipinski definition) is 6. The van der Waals surface area contributed by atoms with Crippen molar-refractivity contribution in [1.82, 2.24) is 10.2 Å². The third-order valence-electron chi connectivity index (χ3n) is 8.57. The van der Waals surface area contributed by atoms with E-state index in [1.54, 1.807) is 14.1 Å². The number of amides is 1. The van der Waals surface area contributed by atoms with Crippen molar-refractivity contribution < 1.29 is 39.5 Å². The van der Waals surface area contributed by atoms with Gasteiger partial charge in [-0.15, -0.1) is 0 Å². The number of ketones is 2. The van der Waals surface area contributed by atoms with Crippen molar-refractivity contribution >= 4 is 23.2 Å². The molecular weight excluding hydrogens is 506 g/mol. The van der Waals surface area contributed by atoms with Crippen LogP contribution < -0.4 is 15.8 Å². The number of methoxy groups -OCH3 is 1. The van der Waals surface area contributed by atoms with Gasteiger partial charge in [-0.2, -0.15) is 0 Å². The Labute approximate surface area is 226 Å². The number of nitrogens with zero attached hydrogens (tertiary/aromatic N) is 1. The molecule has 0 heterocycles. The number of rotatable bonds is 7. The average molecular weight is 544 g/mol. The van der Waals surface area contributed by atoms with Crippen molar-refractivity contribution in [2.75, 3.05) is 21.2 Å². The van der Waals surface area contributed by atoms with Crippen molar-refractivity contribution in [1.29, 1.82) is 0 Å². The molecule has 3 aliphatic rings. The van der Waals surface area contributed by atoms with Crippen molar-refractivity contribution in [3.63, 3.8) is 0 Å². The number of nitrogens with two attached hydrogens (primary N) is 1. The number of aliphatic hydroxyl groups excluding tert-OH is 2. The molecule has 5 atom stereocenters. The number of carbonyl (C=O) groups is 3. The Bertz CT molecular complexity index is 1310. The first-order valence-electron chi connectivity index (χ1n) is 13.0. The molecule has 0 saturated heterocycles. The first kappa shape index (κ1) is 28.6. The molecule has 4 rings (SSSR count). The number of benzene rings is 1. The smallest absolute Gasteiger partial charge is 0.255 e. The van der Waals surface area contributed by atoms with Gasteiger partial charge in [-0.05, 0) is 51.8 Å². The Hall–Kier alpha value is -3.41. The summed E-state index contributed by atoms with van der Waals surface area (Å²) < 4.78 is 5.73. The molecule has 0 unspecified atom stereocenters. The Morgan fingerprint density at radius 2 is 1.87 bits per heavy atom. The van der Waals surface area contributed by atoms with Crippen LogP contribution >= 0.6 is 0 Å². The Morgan fingerprint density at radius 1 is 1.23 bits per heavy atom. The van der Waals surface area contributed by atoms with Gasteiger partial charge in [0.25, 0.3) is 5.91 Å². The first-order valence-corrected chi connectivity index (χ1v) is 13.0. The highest BCUT2D eigenvalue weighted by molar-refractivity contribution is 6.24. The molecule has 1 amide bonds. The van der Waals surface area contributed by atoms with E-state index in [2.05, 4.69) is 19.2 Å². The lowest BCUT2D eigenvalue weighted by atomic mass is 9.57. The third-order valence-corrected chi connectivity index (χ3v) is 8.57. The number of hydrogen-bond acceptors (Lipinski definition) is 10. The summed E-state index contributed by atoms with van der Waals surface area (Å²) in [5.74, 6) is -6.01. The minimum atomic E-state index is -2.67. The summed E-state index contributed by atoms with van der Waals surface area (Å²) in [6.45, 7) is 6.60. The summed E-state index contributed by atoms with van der Waals surface area (Å²) in [6, 6.07) is 0.508. The maximum Gasteiger partial charge on any atom is 0.255 e. The molecule has 1 fully saturated rings. The van der Waals surface area contributed by atoms with Crippen molar-refractivity contribution in [2.24, 2.45) is 23.5 Å². The standard InChI is InChI=1S/C28H37N3O8/c1-11(2)12(3)30-10-14-9-17(32)19-15(24(14)39-6)7-13-8-16-21(31(4)5)23(34)20(27(29)37)26(36)28(16,38)25(35)18(13)22(19)33/h9,11-13,16,21,30,32-33,36,38H,7-8,10H2,1-6H3,(H2,29,37)/t12-,13-,16-,21-,28-/m0/s1. The van der Waals surface area contributed by atoms with E-state index in [1.165, 1.54) is 18.1 Å². The third kappa shape index (κ3) is 4.19. The van der Waals surface area contributed by atoms with Crippen LogP contribution in [0.1, 0.15) is 43.9 Å². The highest BCUT2D eigenvalue weighted by atomic mass is 16.5. The number of likely N-dealkylation sites (N-methyl/N-ethyl adjacent to an activating group) is 1. The van der Waals surface area contributed by atoms with E-state index >= 15 is 0 Å². The molecule has 0 bridgehead atoms. The fourth-order valence-electron chi connectivity index (χ4n) is 6.25. The molecular formula is C28H37N3O8. The Kier molecular flexibility index (Phi) is 7.30. The summed E-state index contributed by atoms with van der Waals surface area (Å²) in [5.41, 5.74) is 2.82. The van der Waals surface area contributed by atoms with Gasteiger partial charge in [-0.3, -0.25) is 19.3 Å².